The number of piperidine rings is 1. The second-order valence-electron chi connectivity index (χ2n) is 8.72. The van der Waals surface area contributed by atoms with Crippen LogP contribution in [-0.2, 0) is 4.79 Å². The van der Waals surface area contributed by atoms with Crippen LogP contribution < -0.4 is 15.5 Å². The van der Waals surface area contributed by atoms with Crippen molar-refractivity contribution in [3.05, 3.63) is 36.7 Å². The van der Waals surface area contributed by atoms with Crippen LogP contribution >= 0.6 is 27.7 Å². The number of anilines is 2. The Morgan fingerprint density at radius 3 is 2.59 bits per heavy atom. The fourth-order valence-electron chi connectivity index (χ4n) is 3.85. The third-order valence-electron chi connectivity index (χ3n) is 5.84. The maximum atomic E-state index is 12.2. The summed E-state index contributed by atoms with van der Waals surface area (Å²) in [6.45, 7) is 3.37. The highest BCUT2D eigenvalue weighted by Crippen LogP contribution is 2.29. The predicted molar refractivity (Wildman–Crippen MR) is 139 cm³/mol. The number of hydrogen-bond donors (Lipinski definition) is 3. The minimum absolute atomic E-state index is 0.0429. The fraction of sp³-hybridized carbons (Fsp3) is 0.500. The van der Waals surface area contributed by atoms with Gasteiger partial charge in [-0.15, -0.1) is 0 Å². The van der Waals surface area contributed by atoms with E-state index in [-0.39, 0.29) is 5.91 Å². The van der Waals surface area contributed by atoms with Crippen LogP contribution in [0.2, 0.25) is 0 Å². The van der Waals surface area contributed by atoms with Gasteiger partial charge in [-0.3, -0.25) is 4.79 Å². The minimum atomic E-state index is -0.985. The normalized spacial score (nSPS) is 15.1. The molecule has 0 bridgehead atoms. The molecule has 34 heavy (non-hydrogen) atoms. The Morgan fingerprint density at radius 2 is 1.91 bits per heavy atom. The highest BCUT2D eigenvalue weighted by atomic mass is 79.9. The number of carboxylic acid groups (broad SMARTS) is 1. The molecule has 0 spiro atoms. The van der Waals surface area contributed by atoms with E-state index < -0.39 is 11.6 Å². The lowest BCUT2D eigenvalue weighted by molar-refractivity contribution is -0.116. The van der Waals surface area contributed by atoms with Crippen molar-refractivity contribution < 1.29 is 14.7 Å². The summed E-state index contributed by atoms with van der Waals surface area (Å²) in [7, 11) is 0. The molecule has 0 unspecified atom stereocenters. The average molecular weight is 551 g/mol. The molecule has 1 aliphatic rings. The Hall–Kier alpha value is -2.33. The zero-order valence-corrected chi connectivity index (χ0v) is 21.8. The smallest absolute Gasteiger partial charge is 0.405 e. The molecule has 3 N–H and O–H groups in total. The van der Waals surface area contributed by atoms with Crippen molar-refractivity contribution in [3.63, 3.8) is 0 Å². The number of aromatic nitrogens is 2. The number of halogens is 1. The molecule has 1 aliphatic heterocycles. The Bertz CT molecular complexity index is 952. The van der Waals surface area contributed by atoms with Gasteiger partial charge in [0, 0.05) is 41.0 Å². The number of unbranched alkanes of at least 4 members (excludes halogenated alkanes) is 3. The quantitative estimate of drug-likeness (QED) is 0.249. The van der Waals surface area contributed by atoms with E-state index in [1.807, 2.05) is 31.2 Å². The van der Waals surface area contributed by atoms with E-state index in [1.54, 1.807) is 12.4 Å². The summed E-state index contributed by atoms with van der Waals surface area (Å²) in [4.78, 5) is 35.4. The molecule has 0 aliphatic carbocycles. The molecule has 1 saturated heterocycles. The topological polar surface area (TPSA) is 107 Å². The van der Waals surface area contributed by atoms with Gasteiger partial charge < -0.3 is 20.6 Å². The summed E-state index contributed by atoms with van der Waals surface area (Å²) in [6.07, 6.45) is 8.76. The third kappa shape index (κ3) is 8.47. The number of amides is 2. The molecule has 0 radical (unpaired) electrons. The molecule has 2 amide bonds. The summed E-state index contributed by atoms with van der Waals surface area (Å²) in [6, 6.07) is 7.75. The van der Waals surface area contributed by atoms with Gasteiger partial charge in [0.15, 0.2) is 0 Å². The molecule has 2 heterocycles. The van der Waals surface area contributed by atoms with Crippen molar-refractivity contribution in [1.82, 2.24) is 15.3 Å². The van der Waals surface area contributed by atoms with Gasteiger partial charge in [-0.2, -0.15) is 0 Å². The monoisotopic (exact) mass is 549 g/mol. The second-order valence-corrected chi connectivity index (χ2v) is 10.6. The third-order valence-corrected chi connectivity index (χ3v) is 7.31. The molecule has 0 atom stereocenters. The highest BCUT2D eigenvalue weighted by molar-refractivity contribution is 9.09. The summed E-state index contributed by atoms with van der Waals surface area (Å²) >= 11 is 4.92. The molecular formula is C24H32BrN5O3S. The van der Waals surface area contributed by atoms with Gasteiger partial charge in [0.05, 0.1) is 12.4 Å². The Balaban J connectivity index is 1.49. The van der Waals surface area contributed by atoms with Crippen molar-refractivity contribution in [2.24, 2.45) is 0 Å². The van der Waals surface area contributed by atoms with Gasteiger partial charge in [-0.1, -0.05) is 46.6 Å². The van der Waals surface area contributed by atoms with E-state index >= 15 is 0 Å². The van der Waals surface area contributed by atoms with E-state index in [0.717, 1.165) is 65.5 Å². The molecule has 8 nitrogen and oxygen atoms in total. The van der Waals surface area contributed by atoms with Crippen LogP contribution in [0, 0.1) is 0 Å². The van der Waals surface area contributed by atoms with Crippen LogP contribution in [0.1, 0.15) is 51.9 Å². The van der Waals surface area contributed by atoms with E-state index in [9.17, 15) is 9.59 Å². The van der Waals surface area contributed by atoms with Gasteiger partial charge in [-0.25, -0.2) is 14.8 Å². The first-order valence-corrected chi connectivity index (χ1v) is 13.5. The van der Waals surface area contributed by atoms with Crippen LogP contribution in [-0.4, -0.2) is 51.0 Å². The molecule has 184 valence electrons. The summed E-state index contributed by atoms with van der Waals surface area (Å²) < 4.78 is 0. The lowest BCUT2D eigenvalue weighted by Gasteiger charge is -2.39. The number of benzene rings is 1. The van der Waals surface area contributed by atoms with Crippen molar-refractivity contribution >= 4 is 51.2 Å². The standard InChI is InChI=1S/C24H32BrN5O3S/c1-24(29-23(32)33)10-13-30(14-11-24)20-16-27-22(17-26-20)34-19-8-6-7-18(15-19)28-21(31)9-4-2-3-5-12-25/h6-8,15-17,29H,2-5,9-14H2,1H3,(H,28,31)(H,32,33). The molecule has 1 aromatic heterocycles. The number of carbonyl (C=O) groups excluding carboxylic acids is 1. The number of carbonyl (C=O) groups is 2. The Labute approximate surface area is 213 Å². The van der Waals surface area contributed by atoms with E-state index in [4.69, 9.17) is 5.11 Å². The summed E-state index contributed by atoms with van der Waals surface area (Å²) in [5.74, 6) is 0.834. The van der Waals surface area contributed by atoms with E-state index in [1.165, 1.54) is 11.8 Å². The number of nitrogens with zero attached hydrogens (tertiary/aromatic N) is 3. The number of alkyl halides is 1. The van der Waals surface area contributed by atoms with Crippen LogP contribution in [0.15, 0.2) is 46.6 Å². The zero-order valence-electron chi connectivity index (χ0n) is 19.4. The molecule has 2 aromatic rings. The zero-order chi connectivity index (χ0) is 24.4. The Kier molecular flexibility index (Phi) is 10.0. The van der Waals surface area contributed by atoms with E-state index in [0.29, 0.717) is 19.3 Å². The Morgan fingerprint density at radius 1 is 1.15 bits per heavy atom. The van der Waals surface area contributed by atoms with Crippen LogP contribution in [0.4, 0.5) is 16.3 Å². The minimum Gasteiger partial charge on any atom is -0.465 e. The van der Waals surface area contributed by atoms with Crippen molar-refractivity contribution in [2.45, 2.75) is 67.3 Å². The second kappa shape index (κ2) is 12.9. The first kappa shape index (κ1) is 26.3. The van der Waals surface area contributed by atoms with Gasteiger partial charge in [0.1, 0.15) is 10.8 Å². The first-order chi connectivity index (χ1) is 16.4. The SMILES string of the molecule is CC1(NC(=O)O)CCN(c2cnc(Sc3cccc(NC(=O)CCCCCCBr)c3)cn2)CC1. The van der Waals surface area contributed by atoms with Gasteiger partial charge in [0.2, 0.25) is 5.91 Å². The molecule has 1 fully saturated rings. The van der Waals surface area contributed by atoms with Crippen molar-refractivity contribution in [2.75, 3.05) is 28.6 Å². The maximum absolute atomic E-state index is 12.2. The number of nitrogens with one attached hydrogen (secondary N) is 2. The van der Waals surface area contributed by atoms with Crippen LogP contribution in [0.5, 0.6) is 0 Å². The van der Waals surface area contributed by atoms with E-state index in [2.05, 4.69) is 41.4 Å². The molecule has 3 rings (SSSR count). The molecule has 10 heteroatoms. The van der Waals surface area contributed by atoms with Gasteiger partial charge >= 0.3 is 6.09 Å². The first-order valence-electron chi connectivity index (χ1n) is 11.6. The van der Waals surface area contributed by atoms with Gasteiger partial charge in [-0.05, 0) is 50.8 Å². The molecular weight excluding hydrogens is 518 g/mol. The maximum Gasteiger partial charge on any atom is 0.405 e. The predicted octanol–water partition coefficient (Wildman–Crippen LogP) is 5.54. The number of rotatable bonds is 11. The van der Waals surface area contributed by atoms with Crippen molar-refractivity contribution in [1.29, 1.82) is 0 Å². The molecule has 0 saturated carbocycles. The lowest BCUT2D eigenvalue weighted by Crippen LogP contribution is -2.53. The largest absolute Gasteiger partial charge is 0.465 e. The fourth-order valence-corrected chi connectivity index (χ4v) is 5.03. The highest BCUT2D eigenvalue weighted by Gasteiger charge is 2.32. The summed E-state index contributed by atoms with van der Waals surface area (Å²) in [5, 5.41) is 16.4. The average Bonchev–Trinajstić information content (AvgIpc) is 2.80. The van der Waals surface area contributed by atoms with Crippen molar-refractivity contribution in [3.8, 4) is 0 Å². The molecule has 1 aromatic carbocycles. The summed E-state index contributed by atoms with van der Waals surface area (Å²) in [5.41, 5.74) is 0.380. The lowest BCUT2D eigenvalue weighted by atomic mass is 9.90. The van der Waals surface area contributed by atoms with Crippen LogP contribution in [0.25, 0.3) is 0 Å². The van der Waals surface area contributed by atoms with Gasteiger partial charge in [0.25, 0.3) is 0 Å². The van der Waals surface area contributed by atoms with Crippen LogP contribution in [0.3, 0.4) is 0 Å². The number of hydrogen-bond acceptors (Lipinski definition) is 6.